The third-order valence-electron chi connectivity index (χ3n) is 3.18. The van der Waals surface area contributed by atoms with E-state index in [1.54, 1.807) is 19.2 Å². The summed E-state index contributed by atoms with van der Waals surface area (Å²) >= 11 is 0. The van der Waals surface area contributed by atoms with Gasteiger partial charge < -0.3 is 10.4 Å². The van der Waals surface area contributed by atoms with E-state index in [0.29, 0.717) is 11.1 Å². The van der Waals surface area contributed by atoms with Crippen molar-refractivity contribution in [1.29, 1.82) is 0 Å². The molecule has 110 valence electrons. The van der Waals surface area contributed by atoms with E-state index in [2.05, 4.69) is 10.3 Å². The van der Waals surface area contributed by atoms with Crippen LogP contribution in [0.5, 0.6) is 0 Å². The number of aryl methyl sites for hydroxylation is 1. The molecule has 2 atom stereocenters. The van der Waals surface area contributed by atoms with Crippen LogP contribution in [-0.2, 0) is 0 Å². The Kier molecular flexibility index (Phi) is 4.65. The van der Waals surface area contributed by atoms with Crippen LogP contribution in [-0.4, -0.2) is 22.0 Å². The first-order chi connectivity index (χ1) is 9.97. The first kappa shape index (κ1) is 15.1. The fraction of sp³-hybridized carbons (Fsp3) is 0.250. The summed E-state index contributed by atoms with van der Waals surface area (Å²) < 4.78 is 12.9. The van der Waals surface area contributed by atoms with Gasteiger partial charge in [-0.05, 0) is 43.2 Å². The SMILES string of the molecule is Cc1cncc(C(=O)NC(C)C(O)c2ccc(F)cc2)c1. The number of nitrogens with zero attached hydrogens (tertiary/aromatic N) is 1. The molecule has 1 aromatic heterocycles. The van der Waals surface area contributed by atoms with Crippen LogP contribution in [0.15, 0.2) is 42.7 Å². The Morgan fingerprint density at radius 2 is 1.95 bits per heavy atom. The van der Waals surface area contributed by atoms with Crippen LogP contribution in [0.4, 0.5) is 4.39 Å². The molecule has 5 heteroatoms. The Bertz CT molecular complexity index is 628. The Morgan fingerprint density at radius 1 is 1.29 bits per heavy atom. The van der Waals surface area contributed by atoms with Crippen molar-refractivity contribution < 1.29 is 14.3 Å². The third-order valence-corrected chi connectivity index (χ3v) is 3.18. The van der Waals surface area contributed by atoms with Crippen LogP contribution in [0.3, 0.4) is 0 Å². The van der Waals surface area contributed by atoms with Gasteiger partial charge in [-0.2, -0.15) is 0 Å². The van der Waals surface area contributed by atoms with Gasteiger partial charge in [0.2, 0.25) is 0 Å². The van der Waals surface area contributed by atoms with Crippen LogP contribution in [0.25, 0.3) is 0 Å². The quantitative estimate of drug-likeness (QED) is 0.908. The Labute approximate surface area is 122 Å². The highest BCUT2D eigenvalue weighted by molar-refractivity contribution is 5.94. The summed E-state index contributed by atoms with van der Waals surface area (Å²) in [4.78, 5) is 16.0. The lowest BCUT2D eigenvalue weighted by Crippen LogP contribution is -2.37. The summed E-state index contributed by atoms with van der Waals surface area (Å²) in [7, 11) is 0. The molecule has 2 unspecified atom stereocenters. The van der Waals surface area contributed by atoms with Crippen molar-refractivity contribution in [3.05, 3.63) is 65.2 Å². The molecule has 0 aliphatic rings. The van der Waals surface area contributed by atoms with E-state index in [9.17, 15) is 14.3 Å². The summed E-state index contributed by atoms with van der Waals surface area (Å²) in [5.41, 5.74) is 1.87. The van der Waals surface area contributed by atoms with Crippen LogP contribution in [0, 0.1) is 12.7 Å². The first-order valence-corrected chi connectivity index (χ1v) is 6.63. The van der Waals surface area contributed by atoms with Gasteiger partial charge in [0, 0.05) is 12.4 Å². The maximum atomic E-state index is 12.9. The Hall–Kier alpha value is -2.27. The van der Waals surface area contributed by atoms with Crippen molar-refractivity contribution >= 4 is 5.91 Å². The number of hydrogen-bond donors (Lipinski definition) is 2. The topological polar surface area (TPSA) is 62.2 Å². The highest BCUT2D eigenvalue weighted by Gasteiger charge is 2.19. The molecule has 2 N–H and O–H groups in total. The van der Waals surface area contributed by atoms with Gasteiger partial charge in [-0.15, -0.1) is 0 Å². The molecule has 1 amide bonds. The van der Waals surface area contributed by atoms with E-state index in [1.807, 2.05) is 6.92 Å². The van der Waals surface area contributed by atoms with Gasteiger partial charge in [0.15, 0.2) is 0 Å². The predicted molar refractivity (Wildman–Crippen MR) is 77.3 cm³/mol. The molecule has 0 bridgehead atoms. The number of carbonyl (C=O) groups excluding carboxylic acids is 1. The number of hydrogen-bond acceptors (Lipinski definition) is 3. The van der Waals surface area contributed by atoms with Crippen molar-refractivity contribution in [1.82, 2.24) is 10.3 Å². The molecule has 2 aromatic rings. The van der Waals surface area contributed by atoms with Gasteiger partial charge in [0.1, 0.15) is 5.82 Å². The number of pyridine rings is 1. The molecular weight excluding hydrogens is 271 g/mol. The standard InChI is InChI=1S/C16H17FN2O2/c1-10-7-13(9-18-8-10)16(21)19-11(2)15(20)12-3-5-14(17)6-4-12/h3-9,11,15,20H,1-2H3,(H,19,21). The van der Waals surface area contributed by atoms with E-state index >= 15 is 0 Å². The molecule has 1 aromatic carbocycles. The second-order valence-corrected chi connectivity index (χ2v) is 5.01. The van der Waals surface area contributed by atoms with Crippen molar-refractivity contribution in [2.24, 2.45) is 0 Å². The number of aliphatic hydroxyl groups is 1. The lowest BCUT2D eigenvalue weighted by atomic mass is 10.0. The molecule has 2 rings (SSSR count). The highest BCUT2D eigenvalue weighted by Crippen LogP contribution is 2.17. The molecule has 0 aliphatic heterocycles. The number of carbonyl (C=O) groups is 1. The van der Waals surface area contributed by atoms with Crippen molar-refractivity contribution in [3.63, 3.8) is 0 Å². The summed E-state index contributed by atoms with van der Waals surface area (Å²) in [6.45, 7) is 3.54. The van der Waals surface area contributed by atoms with Crippen molar-refractivity contribution in [2.75, 3.05) is 0 Å². The Balaban J connectivity index is 2.05. The first-order valence-electron chi connectivity index (χ1n) is 6.63. The third kappa shape index (κ3) is 3.86. The predicted octanol–water partition coefficient (Wildman–Crippen LogP) is 2.38. The number of halogens is 1. The molecule has 0 fully saturated rings. The van der Waals surface area contributed by atoms with Gasteiger partial charge in [-0.1, -0.05) is 12.1 Å². The molecule has 0 spiro atoms. The van der Waals surface area contributed by atoms with Gasteiger partial charge in [0.25, 0.3) is 5.91 Å². The lowest BCUT2D eigenvalue weighted by molar-refractivity contribution is 0.0851. The molecular formula is C16H17FN2O2. The van der Waals surface area contributed by atoms with Gasteiger partial charge >= 0.3 is 0 Å². The van der Waals surface area contributed by atoms with E-state index in [1.165, 1.54) is 30.5 Å². The Morgan fingerprint density at radius 3 is 2.57 bits per heavy atom. The fourth-order valence-corrected chi connectivity index (χ4v) is 2.00. The summed E-state index contributed by atoms with van der Waals surface area (Å²) in [6.07, 6.45) is 2.22. The van der Waals surface area contributed by atoms with Crippen LogP contribution >= 0.6 is 0 Å². The number of nitrogens with one attached hydrogen (secondary N) is 1. The van der Waals surface area contributed by atoms with Gasteiger partial charge in [-0.25, -0.2) is 4.39 Å². The second kappa shape index (κ2) is 6.45. The smallest absolute Gasteiger partial charge is 0.253 e. The summed E-state index contributed by atoms with van der Waals surface area (Å²) in [5.74, 6) is -0.673. The van der Waals surface area contributed by atoms with E-state index in [4.69, 9.17) is 0 Å². The largest absolute Gasteiger partial charge is 0.386 e. The number of aromatic nitrogens is 1. The van der Waals surface area contributed by atoms with E-state index < -0.39 is 12.1 Å². The second-order valence-electron chi connectivity index (χ2n) is 5.01. The summed E-state index contributed by atoms with van der Waals surface area (Å²) in [6, 6.07) is 6.76. The van der Waals surface area contributed by atoms with Crippen molar-refractivity contribution in [3.8, 4) is 0 Å². The monoisotopic (exact) mass is 288 g/mol. The average molecular weight is 288 g/mol. The number of amides is 1. The van der Waals surface area contributed by atoms with Gasteiger partial charge in [0.05, 0.1) is 17.7 Å². The average Bonchev–Trinajstić information content (AvgIpc) is 2.47. The van der Waals surface area contributed by atoms with E-state index in [0.717, 1.165) is 5.56 Å². The zero-order chi connectivity index (χ0) is 15.4. The normalized spacial score (nSPS) is 13.5. The molecule has 1 heterocycles. The number of benzene rings is 1. The molecule has 21 heavy (non-hydrogen) atoms. The molecule has 0 radical (unpaired) electrons. The number of rotatable bonds is 4. The fourth-order valence-electron chi connectivity index (χ4n) is 2.00. The van der Waals surface area contributed by atoms with E-state index in [-0.39, 0.29) is 11.7 Å². The van der Waals surface area contributed by atoms with Crippen LogP contribution < -0.4 is 5.32 Å². The van der Waals surface area contributed by atoms with Gasteiger partial charge in [-0.3, -0.25) is 9.78 Å². The minimum atomic E-state index is -0.910. The molecule has 4 nitrogen and oxygen atoms in total. The molecule has 0 aliphatic carbocycles. The maximum Gasteiger partial charge on any atom is 0.253 e. The highest BCUT2D eigenvalue weighted by atomic mass is 19.1. The van der Waals surface area contributed by atoms with Crippen LogP contribution in [0.2, 0.25) is 0 Å². The zero-order valence-corrected chi connectivity index (χ0v) is 11.9. The number of aliphatic hydroxyl groups excluding tert-OH is 1. The van der Waals surface area contributed by atoms with Crippen molar-refractivity contribution in [2.45, 2.75) is 26.0 Å². The van der Waals surface area contributed by atoms with Crippen LogP contribution in [0.1, 0.15) is 34.5 Å². The zero-order valence-electron chi connectivity index (χ0n) is 11.9. The minimum absolute atomic E-state index is 0.306. The summed E-state index contributed by atoms with van der Waals surface area (Å²) in [5, 5.41) is 12.9. The molecule has 0 saturated carbocycles. The minimum Gasteiger partial charge on any atom is -0.386 e. The lowest BCUT2D eigenvalue weighted by Gasteiger charge is -2.20. The molecule has 0 saturated heterocycles. The maximum absolute atomic E-state index is 12.9.